The molecule has 1 aliphatic heterocycles. The van der Waals surface area contributed by atoms with E-state index in [9.17, 15) is 15.3 Å². The Labute approximate surface area is 137 Å². The van der Waals surface area contributed by atoms with Crippen molar-refractivity contribution in [3.63, 3.8) is 0 Å². The first kappa shape index (κ1) is 20.3. The van der Waals surface area contributed by atoms with Crippen molar-refractivity contribution in [2.45, 2.75) is 62.8 Å². The van der Waals surface area contributed by atoms with Crippen LogP contribution in [0.15, 0.2) is 0 Å². The third-order valence-electron chi connectivity index (χ3n) is 3.77. The second kappa shape index (κ2) is 11.8. The highest BCUT2D eigenvalue weighted by Gasteiger charge is 2.44. The summed E-state index contributed by atoms with van der Waals surface area (Å²) in [4.78, 5) is 0. The van der Waals surface area contributed by atoms with Gasteiger partial charge in [-0.3, -0.25) is 0 Å². The molecule has 0 aliphatic carbocycles. The van der Waals surface area contributed by atoms with Crippen molar-refractivity contribution >= 4 is 0 Å². The predicted molar refractivity (Wildman–Crippen MR) is 82.5 cm³/mol. The monoisotopic (exact) mass is 332 g/mol. The van der Waals surface area contributed by atoms with Crippen LogP contribution in [-0.2, 0) is 14.2 Å². The second-order valence-electron chi connectivity index (χ2n) is 5.59. The number of ether oxygens (including phenoxy) is 3. The Morgan fingerprint density at radius 3 is 2.26 bits per heavy atom. The molecule has 134 valence electrons. The fourth-order valence-electron chi connectivity index (χ4n) is 2.44. The van der Waals surface area contributed by atoms with E-state index in [2.05, 4.69) is 5.92 Å². The first-order chi connectivity index (χ1) is 11.1. The van der Waals surface area contributed by atoms with E-state index in [4.69, 9.17) is 25.7 Å². The quantitative estimate of drug-likeness (QED) is 0.296. The zero-order chi connectivity index (χ0) is 17.1. The SMILES string of the molecule is C#CCOCCCCCCCO[C@H]1[C@@H](O)[C@H](O)[C@@H](CO)O[C@@H]1O. The lowest BCUT2D eigenvalue weighted by molar-refractivity contribution is -0.296. The average Bonchev–Trinajstić information content (AvgIpc) is 2.55. The van der Waals surface area contributed by atoms with Crippen molar-refractivity contribution in [1.82, 2.24) is 0 Å². The van der Waals surface area contributed by atoms with E-state index in [-0.39, 0.29) is 0 Å². The molecule has 1 saturated heterocycles. The highest BCUT2D eigenvalue weighted by Crippen LogP contribution is 2.22. The van der Waals surface area contributed by atoms with Crippen LogP contribution in [0.1, 0.15) is 32.1 Å². The summed E-state index contributed by atoms with van der Waals surface area (Å²) < 4.78 is 15.6. The van der Waals surface area contributed by atoms with Gasteiger partial charge in [0, 0.05) is 13.2 Å². The summed E-state index contributed by atoms with van der Waals surface area (Å²) >= 11 is 0. The highest BCUT2D eigenvalue weighted by molar-refractivity contribution is 4.89. The number of rotatable bonds is 11. The molecule has 0 bridgehead atoms. The Balaban J connectivity index is 2.08. The van der Waals surface area contributed by atoms with Crippen molar-refractivity contribution in [3.8, 4) is 12.3 Å². The van der Waals surface area contributed by atoms with Gasteiger partial charge in [-0.15, -0.1) is 6.42 Å². The van der Waals surface area contributed by atoms with E-state index in [1.54, 1.807) is 0 Å². The molecule has 1 aliphatic rings. The lowest BCUT2D eigenvalue weighted by atomic mass is 9.99. The maximum Gasteiger partial charge on any atom is 0.184 e. The zero-order valence-electron chi connectivity index (χ0n) is 13.3. The van der Waals surface area contributed by atoms with Gasteiger partial charge in [0.2, 0.25) is 0 Å². The van der Waals surface area contributed by atoms with Crippen molar-refractivity contribution in [1.29, 1.82) is 0 Å². The number of terminal acetylenes is 1. The first-order valence-corrected chi connectivity index (χ1v) is 8.05. The standard InChI is InChI=1S/C16H28O7/c1-2-8-21-9-6-4-3-5-7-10-22-15-14(19)13(18)12(11-17)23-16(15)20/h1,12-20H,3-11H2/t12-,13-,14+,15+,16+/m1/s1. The smallest absolute Gasteiger partial charge is 0.184 e. The Kier molecular flexibility index (Phi) is 10.4. The molecule has 0 aromatic rings. The summed E-state index contributed by atoms with van der Waals surface area (Å²) in [5.41, 5.74) is 0. The Bertz CT molecular complexity index is 344. The largest absolute Gasteiger partial charge is 0.394 e. The topological polar surface area (TPSA) is 109 Å². The van der Waals surface area contributed by atoms with E-state index in [0.717, 1.165) is 32.1 Å². The molecule has 4 N–H and O–H groups in total. The van der Waals surface area contributed by atoms with Crippen LogP contribution < -0.4 is 0 Å². The van der Waals surface area contributed by atoms with Crippen LogP contribution >= 0.6 is 0 Å². The summed E-state index contributed by atoms with van der Waals surface area (Å²) in [6.07, 6.45) is 3.89. The first-order valence-electron chi connectivity index (χ1n) is 8.05. The van der Waals surface area contributed by atoms with Crippen LogP contribution in [0.3, 0.4) is 0 Å². The minimum absolute atomic E-state index is 0.352. The third-order valence-corrected chi connectivity index (χ3v) is 3.77. The average molecular weight is 332 g/mol. The molecule has 0 amide bonds. The van der Waals surface area contributed by atoms with Gasteiger partial charge in [-0.05, 0) is 12.8 Å². The highest BCUT2D eigenvalue weighted by atomic mass is 16.7. The van der Waals surface area contributed by atoms with Gasteiger partial charge in [0.25, 0.3) is 0 Å². The maximum atomic E-state index is 9.90. The van der Waals surface area contributed by atoms with Gasteiger partial charge >= 0.3 is 0 Å². The number of hydrogen-bond acceptors (Lipinski definition) is 7. The molecule has 0 spiro atoms. The second-order valence-corrected chi connectivity index (χ2v) is 5.59. The molecule has 23 heavy (non-hydrogen) atoms. The minimum Gasteiger partial charge on any atom is -0.394 e. The molecule has 0 radical (unpaired) electrons. The molecule has 1 rings (SSSR count). The van der Waals surface area contributed by atoms with Gasteiger partial charge in [-0.1, -0.05) is 25.2 Å². The molecule has 0 saturated carbocycles. The predicted octanol–water partition coefficient (Wildman–Crippen LogP) is -0.597. The number of aliphatic hydroxyl groups is 4. The van der Waals surface area contributed by atoms with Gasteiger partial charge in [-0.2, -0.15) is 0 Å². The van der Waals surface area contributed by atoms with Crippen molar-refractivity contribution in [3.05, 3.63) is 0 Å². The summed E-state index contributed by atoms with van der Waals surface area (Å²) in [7, 11) is 0. The normalized spacial score (nSPS) is 31.0. The van der Waals surface area contributed by atoms with Crippen molar-refractivity contribution in [2.75, 3.05) is 26.4 Å². The number of aliphatic hydroxyl groups excluding tert-OH is 4. The molecule has 7 heteroatoms. The fraction of sp³-hybridized carbons (Fsp3) is 0.875. The maximum absolute atomic E-state index is 9.90. The lowest BCUT2D eigenvalue weighted by Crippen LogP contribution is -2.59. The Morgan fingerprint density at radius 1 is 0.957 bits per heavy atom. The van der Waals surface area contributed by atoms with Gasteiger partial charge in [0.1, 0.15) is 31.0 Å². The van der Waals surface area contributed by atoms with E-state index in [1.807, 2.05) is 0 Å². The van der Waals surface area contributed by atoms with Crippen LogP contribution in [-0.4, -0.2) is 77.6 Å². The van der Waals surface area contributed by atoms with Gasteiger partial charge < -0.3 is 34.6 Å². The summed E-state index contributed by atoms with van der Waals surface area (Å²) in [6.45, 7) is 0.896. The molecular formula is C16H28O7. The Hall–Kier alpha value is -0.720. The van der Waals surface area contributed by atoms with Gasteiger partial charge in [0.05, 0.1) is 6.61 Å². The van der Waals surface area contributed by atoms with E-state index in [0.29, 0.717) is 19.8 Å². The fourth-order valence-corrected chi connectivity index (χ4v) is 2.44. The van der Waals surface area contributed by atoms with Crippen LogP contribution in [0.4, 0.5) is 0 Å². The lowest BCUT2D eigenvalue weighted by Gasteiger charge is -2.39. The molecule has 1 fully saturated rings. The van der Waals surface area contributed by atoms with Crippen LogP contribution in [0.2, 0.25) is 0 Å². The van der Waals surface area contributed by atoms with Crippen LogP contribution in [0, 0.1) is 12.3 Å². The summed E-state index contributed by atoms with van der Waals surface area (Å²) in [5.74, 6) is 2.41. The Morgan fingerprint density at radius 2 is 1.61 bits per heavy atom. The van der Waals surface area contributed by atoms with Crippen molar-refractivity contribution < 1.29 is 34.6 Å². The van der Waals surface area contributed by atoms with Gasteiger partial charge in [0.15, 0.2) is 6.29 Å². The van der Waals surface area contributed by atoms with E-state index < -0.39 is 37.3 Å². The minimum atomic E-state index is -1.36. The molecule has 1 heterocycles. The van der Waals surface area contributed by atoms with E-state index >= 15 is 0 Å². The molecule has 0 unspecified atom stereocenters. The molecular weight excluding hydrogens is 304 g/mol. The van der Waals surface area contributed by atoms with Gasteiger partial charge in [-0.25, -0.2) is 0 Å². The zero-order valence-corrected chi connectivity index (χ0v) is 13.3. The van der Waals surface area contributed by atoms with Crippen molar-refractivity contribution in [2.24, 2.45) is 0 Å². The van der Waals surface area contributed by atoms with E-state index in [1.165, 1.54) is 0 Å². The number of unbranched alkanes of at least 4 members (excludes halogenated alkanes) is 4. The summed E-state index contributed by atoms with van der Waals surface area (Å²) in [6, 6.07) is 0. The van der Waals surface area contributed by atoms with Crippen LogP contribution in [0.25, 0.3) is 0 Å². The number of hydrogen-bond donors (Lipinski definition) is 4. The molecule has 5 atom stereocenters. The molecule has 7 nitrogen and oxygen atoms in total. The molecule has 0 aromatic carbocycles. The third kappa shape index (κ3) is 7.14. The molecule has 0 aromatic heterocycles. The summed E-state index contributed by atoms with van der Waals surface area (Å²) in [5, 5.41) is 38.4. The van der Waals surface area contributed by atoms with Crippen LogP contribution in [0.5, 0.6) is 0 Å².